The molecule has 0 bridgehead atoms. The van der Waals surface area contributed by atoms with E-state index >= 15 is 0 Å². The van der Waals surface area contributed by atoms with Gasteiger partial charge in [-0.25, -0.2) is 14.0 Å². The average Bonchev–Trinajstić information content (AvgIpc) is 3.66. The first-order valence-electron chi connectivity index (χ1n) is 12.3. The van der Waals surface area contributed by atoms with Gasteiger partial charge < -0.3 is 19.8 Å². The van der Waals surface area contributed by atoms with E-state index in [0.29, 0.717) is 23.8 Å². The number of esters is 2. The van der Waals surface area contributed by atoms with Crippen LogP contribution in [-0.2, 0) is 16.0 Å². The number of nitro groups is 1. The fraction of sp³-hybridized carbons (Fsp3) is 0.333. The topological polar surface area (TPSA) is 127 Å². The van der Waals surface area contributed by atoms with Crippen molar-refractivity contribution < 1.29 is 28.4 Å². The SMILES string of the molecule is CCOC(=O)c1ccc(-c2cc(C(=O)OCC)c(Nc3ccc(F)cc3[N+](=O)[O-])[nH]2)c(CN(C)C2CC2)c1. The number of anilines is 2. The Hall–Kier alpha value is -4.25. The third kappa shape index (κ3) is 6.00. The lowest BCUT2D eigenvalue weighted by molar-refractivity contribution is -0.384. The van der Waals surface area contributed by atoms with E-state index in [4.69, 9.17) is 9.47 Å². The molecule has 38 heavy (non-hydrogen) atoms. The van der Waals surface area contributed by atoms with E-state index in [1.807, 2.05) is 7.05 Å². The van der Waals surface area contributed by atoms with Crippen LogP contribution in [0.15, 0.2) is 42.5 Å². The number of carbonyl (C=O) groups is 2. The van der Waals surface area contributed by atoms with Crippen molar-refractivity contribution in [3.8, 4) is 11.3 Å². The minimum atomic E-state index is -0.758. The predicted octanol–water partition coefficient (Wildman–Crippen LogP) is 5.42. The predicted molar refractivity (Wildman–Crippen MR) is 139 cm³/mol. The molecule has 0 unspecified atom stereocenters. The first-order chi connectivity index (χ1) is 18.2. The number of nitrogens with one attached hydrogen (secondary N) is 2. The van der Waals surface area contributed by atoms with Gasteiger partial charge in [-0.15, -0.1) is 0 Å². The van der Waals surface area contributed by atoms with Crippen LogP contribution in [0.3, 0.4) is 0 Å². The zero-order valence-electron chi connectivity index (χ0n) is 21.4. The number of aromatic nitrogens is 1. The monoisotopic (exact) mass is 524 g/mol. The molecule has 0 atom stereocenters. The fourth-order valence-corrected chi connectivity index (χ4v) is 4.21. The highest BCUT2D eigenvalue weighted by atomic mass is 19.1. The van der Waals surface area contributed by atoms with E-state index in [9.17, 15) is 24.1 Å². The van der Waals surface area contributed by atoms with E-state index in [0.717, 1.165) is 36.1 Å². The van der Waals surface area contributed by atoms with Crippen LogP contribution in [0, 0.1) is 15.9 Å². The third-order valence-corrected chi connectivity index (χ3v) is 6.23. The van der Waals surface area contributed by atoms with Gasteiger partial charge in [0.15, 0.2) is 0 Å². The van der Waals surface area contributed by atoms with Crippen LogP contribution < -0.4 is 5.32 Å². The number of benzene rings is 2. The maximum Gasteiger partial charge on any atom is 0.341 e. The van der Waals surface area contributed by atoms with Crippen LogP contribution in [0.25, 0.3) is 11.3 Å². The summed E-state index contributed by atoms with van der Waals surface area (Å²) in [5.41, 5.74) is 2.15. The normalized spacial score (nSPS) is 12.9. The van der Waals surface area contributed by atoms with E-state index in [-0.39, 0.29) is 30.3 Å². The molecule has 0 spiro atoms. The van der Waals surface area contributed by atoms with E-state index in [1.54, 1.807) is 38.1 Å². The van der Waals surface area contributed by atoms with Gasteiger partial charge in [0.05, 0.1) is 29.8 Å². The van der Waals surface area contributed by atoms with Gasteiger partial charge in [0.1, 0.15) is 22.9 Å². The van der Waals surface area contributed by atoms with Crippen molar-refractivity contribution in [3.05, 3.63) is 75.1 Å². The number of rotatable bonds is 11. The Bertz CT molecular complexity index is 1370. The Morgan fingerprint density at radius 2 is 1.82 bits per heavy atom. The number of nitro benzene ring substituents is 1. The maximum atomic E-state index is 13.7. The van der Waals surface area contributed by atoms with Crippen LogP contribution in [0.5, 0.6) is 0 Å². The molecular formula is C27H29FN4O6. The number of hydrogen-bond acceptors (Lipinski definition) is 8. The highest BCUT2D eigenvalue weighted by Crippen LogP contribution is 2.35. The van der Waals surface area contributed by atoms with Crippen molar-refractivity contribution in [3.63, 3.8) is 0 Å². The molecule has 1 saturated carbocycles. The fourth-order valence-electron chi connectivity index (χ4n) is 4.21. The summed E-state index contributed by atoms with van der Waals surface area (Å²) in [5, 5.41) is 14.4. The Balaban J connectivity index is 1.78. The second-order valence-electron chi connectivity index (χ2n) is 8.97. The summed E-state index contributed by atoms with van der Waals surface area (Å²) in [4.78, 5) is 41.4. The molecule has 1 fully saturated rings. The van der Waals surface area contributed by atoms with Crippen molar-refractivity contribution in [1.82, 2.24) is 9.88 Å². The zero-order valence-corrected chi connectivity index (χ0v) is 21.4. The summed E-state index contributed by atoms with van der Waals surface area (Å²) in [6.07, 6.45) is 2.20. The Morgan fingerprint density at radius 3 is 2.47 bits per heavy atom. The quantitative estimate of drug-likeness (QED) is 0.193. The number of carbonyl (C=O) groups excluding carboxylic acids is 2. The van der Waals surface area contributed by atoms with Gasteiger partial charge in [-0.3, -0.25) is 15.0 Å². The Labute approximate surface area is 218 Å². The summed E-state index contributed by atoms with van der Waals surface area (Å²) < 4.78 is 24.0. The third-order valence-electron chi connectivity index (χ3n) is 6.23. The van der Waals surface area contributed by atoms with Crippen LogP contribution in [0.2, 0.25) is 0 Å². The molecule has 10 nitrogen and oxygen atoms in total. The molecule has 1 aliphatic rings. The van der Waals surface area contributed by atoms with E-state index < -0.39 is 28.4 Å². The van der Waals surface area contributed by atoms with Crippen LogP contribution in [0.4, 0.5) is 21.6 Å². The van der Waals surface area contributed by atoms with Crippen molar-refractivity contribution in [1.29, 1.82) is 0 Å². The van der Waals surface area contributed by atoms with Crippen LogP contribution in [-0.4, -0.2) is 53.0 Å². The van der Waals surface area contributed by atoms with Gasteiger partial charge in [0, 0.05) is 23.8 Å². The van der Waals surface area contributed by atoms with Gasteiger partial charge in [-0.2, -0.15) is 0 Å². The summed E-state index contributed by atoms with van der Waals surface area (Å²) >= 11 is 0. The molecule has 0 aliphatic heterocycles. The van der Waals surface area contributed by atoms with Gasteiger partial charge in [0.25, 0.3) is 5.69 Å². The lowest BCUT2D eigenvalue weighted by Gasteiger charge is -2.19. The van der Waals surface area contributed by atoms with Crippen molar-refractivity contribution in [2.45, 2.75) is 39.3 Å². The molecule has 200 valence electrons. The smallest absolute Gasteiger partial charge is 0.341 e. The molecule has 4 rings (SSSR count). The lowest BCUT2D eigenvalue weighted by Crippen LogP contribution is -2.20. The largest absolute Gasteiger partial charge is 0.462 e. The molecule has 3 aromatic rings. The second-order valence-corrected chi connectivity index (χ2v) is 8.97. The van der Waals surface area contributed by atoms with E-state index in [1.165, 1.54) is 6.07 Å². The number of nitrogens with zero attached hydrogens (tertiary/aromatic N) is 2. The summed E-state index contributed by atoms with van der Waals surface area (Å²) in [6, 6.07) is 10.4. The molecule has 2 aromatic carbocycles. The number of aromatic amines is 1. The van der Waals surface area contributed by atoms with Crippen molar-refractivity contribution >= 4 is 29.1 Å². The van der Waals surface area contributed by atoms with E-state index in [2.05, 4.69) is 15.2 Å². The molecule has 1 heterocycles. The number of ether oxygens (including phenoxy) is 2. The molecule has 11 heteroatoms. The molecule has 0 saturated heterocycles. The van der Waals surface area contributed by atoms with Gasteiger partial charge >= 0.3 is 11.9 Å². The van der Waals surface area contributed by atoms with Crippen molar-refractivity contribution in [2.75, 3.05) is 25.6 Å². The minimum Gasteiger partial charge on any atom is -0.462 e. The first kappa shape index (κ1) is 26.8. The van der Waals surface area contributed by atoms with Gasteiger partial charge in [-0.1, -0.05) is 6.07 Å². The molecule has 2 N–H and O–H groups in total. The maximum absolute atomic E-state index is 13.7. The van der Waals surface area contributed by atoms with Crippen LogP contribution in [0.1, 0.15) is 53.0 Å². The highest BCUT2D eigenvalue weighted by molar-refractivity contribution is 5.98. The Morgan fingerprint density at radius 1 is 1.11 bits per heavy atom. The molecule has 0 amide bonds. The number of H-pyrrole nitrogens is 1. The lowest BCUT2D eigenvalue weighted by atomic mass is 10.0. The summed E-state index contributed by atoms with van der Waals surface area (Å²) in [7, 11) is 2.01. The van der Waals surface area contributed by atoms with Crippen molar-refractivity contribution in [2.24, 2.45) is 0 Å². The summed E-state index contributed by atoms with van der Waals surface area (Å²) in [6.45, 7) is 4.34. The van der Waals surface area contributed by atoms with Gasteiger partial charge in [-0.05, 0) is 69.6 Å². The highest BCUT2D eigenvalue weighted by Gasteiger charge is 2.28. The number of halogens is 1. The summed E-state index contributed by atoms with van der Waals surface area (Å²) in [5.74, 6) is -1.67. The second kappa shape index (κ2) is 11.4. The zero-order chi connectivity index (χ0) is 27.4. The first-order valence-corrected chi connectivity index (χ1v) is 12.3. The molecule has 1 aromatic heterocycles. The average molecular weight is 525 g/mol. The van der Waals surface area contributed by atoms with Gasteiger partial charge in [0.2, 0.25) is 0 Å². The number of hydrogen-bond donors (Lipinski definition) is 2. The Kier molecular flexibility index (Phi) is 8.06. The minimum absolute atomic E-state index is 0.00157. The molecule has 1 aliphatic carbocycles. The van der Waals surface area contributed by atoms with Crippen LogP contribution >= 0.6 is 0 Å². The molecule has 0 radical (unpaired) electrons. The molecular weight excluding hydrogens is 495 g/mol. The standard InChI is InChI=1S/C27H29FN4O6/c1-4-37-26(33)16-6-10-20(17(12-16)15-31(3)19-8-9-19)23-14-21(27(34)38-5-2)25(30-23)29-22-11-7-18(28)13-24(22)32(35)36/h6-7,10-14,19,29-30H,4-5,8-9,15H2,1-3H3.